The van der Waals surface area contributed by atoms with Gasteiger partial charge in [0.2, 0.25) is 0 Å². The molecule has 0 radical (unpaired) electrons. The summed E-state index contributed by atoms with van der Waals surface area (Å²) < 4.78 is 14.9. The predicted molar refractivity (Wildman–Crippen MR) is 76.7 cm³/mol. The second-order valence-electron chi connectivity index (χ2n) is 3.99. The van der Waals surface area contributed by atoms with E-state index in [0.29, 0.717) is 10.9 Å². The average Bonchev–Trinajstić information content (AvgIpc) is 2.28. The number of aromatic nitrogens is 1. The number of benzene rings is 1. The lowest BCUT2D eigenvalue weighted by molar-refractivity contribution is 0.619. The zero-order chi connectivity index (χ0) is 13.1. The molecule has 0 spiro atoms. The molecule has 1 atom stereocenters. The Balaban J connectivity index is 2.15. The van der Waals surface area contributed by atoms with E-state index in [4.69, 9.17) is 5.73 Å². The molecule has 0 amide bonds. The molecule has 0 aliphatic rings. The topological polar surface area (TPSA) is 38.9 Å². The molecule has 1 aromatic heterocycles. The maximum Gasteiger partial charge on any atom is 0.124 e. The summed E-state index contributed by atoms with van der Waals surface area (Å²) in [4.78, 5) is 4.24. The third-order valence-electron chi connectivity index (χ3n) is 2.51. The van der Waals surface area contributed by atoms with Crippen LogP contribution in [0.4, 0.5) is 4.39 Å². The Morgan fingerprint density at radius 2 is 1.94 bits per heavy atom. The molecule has 1 unspecified atom stereocenters. The first-order valence-electron chi connectivity index (χ1n) is 5.36. The Kier molecular flexibility index (Phi) is 4.48. The molecule has 0 bridgehead atoms. The highest BCUT2D eigenvalue weighted by molar-refractivity contribution is 9.10. The summed E-state index contributed by atoms with van der Waals surface area (Å²) in [5.74, 6) is -0.268. The normalized spacial score (nSPS) is 12.4. The molecule has 2 N–H and O–H groups in total. The van der Waals surface area contributed by atoms with Crippen LogP contribution in [0.5, 0.6) is 0 Å². The van der Waals surface area contributed by atoms with Crippen LogP contribution in [0, 0.1) is 5.82 Å². The molecule has 5 heteroatoms. The van der Waals surface area contributed by atoms with E-state index in [1.165, 1.54) is 12.1 Å². The van der Waals surface area contributed by atoms with E-state index in [1.807, 2.05) is 18.2 Å². The molecule has 1 heterocycles. The molecule has 94 valence electrons. The highest BCUT2D eigenvalue weighted by Crippen LogP contribution is 2.20. The number of halogens is 3. The molecule has 0 saturated heterocycles. The third-order valence-corrected chi connectivity index (χ3v) is 3.44. The van der Waals surface area contributed by atoms with Crippen LogP contribution in [-0.4, -0.2) is 4.98 Å². The van der Waals surface area contributed by atoms with E-state index < -0.39 is 0 Å². The Morgan fingerprint density at radius 3 is 2.56 bits per heavy atom. The molecule has 2 nitrogen and oxygen atoms in total. The summed E-state index contributed by atoms with van der Waals surface area (Å²) in [5.41, 5.74) is 7.70. The van der Waals surface area contributed by atoms with Crippen molar-refractivity contribution in [2.45, 2.75) is 12.5 Å². The van der Waals surface area contributed by atoms with Gasteiger partial charge in [0.1, 0.15) is 5.82 Å². The van der Waals surface area contributed by atoms with Gasteiger partial charge in [0.15, 0.2) is 0 Å². The van der Waals surface area contributed by atoms with Crippen molar-refractivity contribution in [3.05, 3.63) is 62.5 Å². The largest absolute Gasteiger partial charge is 0.322 e. The van der Waals surface area contributed by atoms with Crippen molar-refractivity contribution in [3.8, 4) is 0 Å². The lowest BCUT2D eigenvalue weighted by atomic mass is 10.0. The van der Waals surface area contributed by atoms with Crippen LogP contribution < -0.4 is 5.73 Å². The van der Waals surface area contributed by atoms with Crippen LogP contribution in [0.15, 0.2) is 45.5 Å². The number of pyridine rings is 1. The minimum atomic E-state index is -0.268. The van der Waals surface area contributed by atoms with Gasteiger partial charge < -0.3 is 5.73 Å². The molecule has 18 heavy (non-hydrogen) atoms. The fourth-order valence-electron chi connectivity index (χ4n) is 1.69. The Bertz CT molecular complexity index is 523. The predicted octanol–water partition coefficient (Wildman–Crippen LogP) is 3.99. The molecule has 0 aliphatic carbocycles. The first kappa shape index (κ1) is 13.6. The van der Waals surface area contributed by atoms with Gasteiger partial charge in [-0.2, -0.15) is 0 Å². The lowest BCUT2D eigenvalue weighted by Crippen LogP contribution is -2.14. The molecular weight excluding hydrogens is 363 g/mol. The van der Waals surface area contributed by atoms with E-state index >= 15 is 0 Å². The molecule has 1 aromatic carbocycles. The molecular formula is C13H11Br2FN2. The van der Waals surface area contributed by atoms with Crippen molar-refractivity contribution in [3.63, 3.8) is 0 Å². The first-order valence-corrected chi connectivity index (χ1v) is 6.95. The Morgan fingerprint density at radius 1 is 1.17 bits per heavy atom. The molecule has 0 aliphatic heterocycles. The molecule has 2 aromatic rings. The van der Waals surface area contributed by atoms with Gasteiger partial charge in [-0.1, -0.05) is 15.9 Å². The van der Waals surface area contributed by atoms with Crippen LogP contribution in [-0.2, 0) is 6.42 Å². The second kappa shape index (κ2) is 5.91. The van der Waals surface area contributed by atoms with Gasteiger partial charge in [-0.3, -0.25) is 4.98 Å². The standard InChI is InChI=1S/C13H11Br2FN2/c14-9-1-2-13(18-7-9)12(17)5-8-3-10(15)6-11(16)4-8/h1-4,6-7,12H,5,17H2. The lowest BCUT2D eigenvalue weighted by Gasteiger charge is -2.11. The summed E-state index contributed by atoms with van der Waals surface area (Å²) in [7, 11) is 0. The van der Waals surface area contributed by atoms with Crippen LogP contribution in [0.25, 0.3) is 0 Å². The second-order valence-corrected chi connectivity index (χ2v) is 5.82. The van der Waals surface area contributed by atoms with E-state index in [-0.39, 0.29) is 11.9 Å². The van der Waals surface area contributed by atoms with Gasteiger partial charge in [0.05, 0.1) is 11.7 Å². The zero-order valence-corrected chi connectivity index (χ0v) is 12.6. The van der Waals surface area contributed by atoms with Gasteiger partial charge in [0, 0.05) is 15.1 Å². The van der Waals surface area contributed by atoms with E-state index in [9.17, 15) is 4.39 Å². The van der Waals surface area contributed by atoms with Crippen LogP contribution in [0.2, 0.25) is 0 Å². The van der Waals surface area contributed by atoms with Gasteiger partial charge >= 0.3 is 0 Å². The van der Waals surface area contributed by atoms with Crippen molar-refractivity contribution < 1.29 is 4.39 Å². The minimum Gasteiger partial charge on any atom is -0.322 e. The monoisotopic (exact) mass is 372 g/mol. The van der Waals surface area contributed by atoms with Gasteiger partial charge in [0.25, 0.3) is 0 Å². The number of rotatable bonds is 3. The maximum atomic E-state index is 13.2. The van der Waals surface area contributed by atoms with Gasteiger partial charge in [-0.25, -0.2) is 4.39 Å². The molecule has 0 saturated carbocycles. The smallest absolute Gasteiger partial charge is 0.124 e. The summed E-state index contributed by atoms with van der Waals surface area (Å²) in [5, 5.41) is 0. The van der Waals surface area contributed by atoms with E-state index in [2.05, 4.69) is 36.8 Å². The summed E-state index contributed by atoms with van der Waals surface area (Å²) in [6, 6.07) is 8.29. The van der Waals surface area contributed by atoms with E-state index in [0.717, 1.165) is 15.7 Å². The van der Waals surface area contributed by atoms with Crippen molar-refractivity contribution in [1.29, 1.82) is 0 Å². The summed E-state index contributed by atoms with van der Waals surface area (Å²) >= 11 is 6.59. The Hall–Kier alpha value is -0.780. The summed E-state index contributed by atoms with van der Waals surface area (Å²) in [6.45, 7) is 0. The number of hydrogen-bond acceptors (Lipinski definition) is 2. The third kappa shape index (κ3) is 3.60. The average molecular weight is 374 g/mol. The highest BCUT2D eigenvalue weighted by atomic mass is 79.9. The van der Waals surface area contributed by atoms with Crippen molar-refractivity contribution >= 4 is 31.9 Å². The number of hydrogen-bond donors (Lipinski definition) is 1. The van der Waals surface area contributed by atoms with Crippen molar-refractivity contribution in [2.75, 3.05) is 0 Å². The van der Waals surface area contributed by atoms with Crippen molar-refractivity contribution in [1.82, 2.24) is 4.98 Å². The van der Waals surface area contributed by atoms with Gasteiger partial charge in [-0.15, -0.1) is 0 Å². The quantitative estimate of drug-likeness (QED) is 0.883. The maximum absolute atomic E-state index is 13.2. The summed E-state index contributed by atoms with van der Waals surface area (Å²) in [6.07, 6.45) is 2.25. The van der Waals surface area contributed by atoms with Crippen molar-refractivity contribution in [2.24, 2.45) is 5.73 Å². The minimum absolute atomic E-state index is 0.244. The highest BCUT2D eigenvalue weighted by Gasteiger charge is 2.09. The fraction of sp³-hybridized carbons (Fsp3) is 0.154. The SMILES string of the molecule is NC(Cc1cc(F)cc(Br)c1)c1ccc(Br)cn1. The molecule has 2 rings (SSSR count). The van der Waals surface area contributed by atoms with Crippen LogP contribution in [0.3, 0.4) is 0 Å². The number of nitrogens with zero attached hydrogens (tertiary/aromatic N) is 1. The Labute approximate surface area is 122 Å². The molecule has 0 fully saturated rings. The zero-order valence-electron chi connectivity index (χ0n) is 9.41. The fourth-order valence-corrected chi connectivity index (χ4v) is 2.44. The number of nitrogens with two attached hydrogens (primary N) is 1. The van der Waals surface area contributed by atoms with Crippen LogP contribution >= 0.6 is 31.9 Å². The van der Waals surface area contributed by atoms with Crippen LogP contribution in [0.1, 0.15) is 17.3 Å². The van der Waals surface area contributed by atoms with Gasteiger partial charge in [-0.05, 0) is 58.2 Å². The first-order chi connectivity index (χ1) is 8.54. The van der Waals surface area contributed by atoms with E-state index in [1.54, 1.807) is 6.20 Å².